The zero-order chi connectivity index (χ0) is 22.9. The van der Waals surface area contributed by atoms with Gasteiger partial charge >= 0.3 is 0 Å². The van der Waals surface area contributed by atoms with E-state index in [2.05, 4.69) is 26.0 Å². The SMILES string of the molecule is CC(C)(Oc1ccccc1)[N+]12CCC(CC1)C(OCC(O)(c1ccccc1)C1CCCC1)C2.[Br-]. The number of benzene rings is 2. The van der Waals surface area contributed by atoms with Crippen LogP contribution in [0.3, 0.4) is 0 Å². The summed E-state index contributed by atoms with van der Waals surface area (Å²) in [5.74, 6) is 1.79. The van der Waals surface area contributed by atoms with Gasteiger partial charge in [-0.3, -0.25) is 4.48 Å². The fourth-order valence-electron chi connectivity index (χ4n) is 6.75. The number of fused-ring (bicyclic) bond motifs is 3. The van der Waals surface area contributed by atoms with Gasteiger partial charge in [0.05, 0.1) is 19.7 Å². The van der Waals surface area contributed by atoms with Gasteiger partial charge in [-0.15, -0.1) is 0 Å². The zero-order valence-electron chi connectivity index (χ0n) is 20.7. The Morgan fingerprint density at radius 3 is 2.09 bits per heavy atom. The lowest BCUT2D eigenvalue weighted by Crippen LogP contribution is -3.00. The largest absolute Gasteiger partial charge is 1.00 e. The molecule has 2 aromatic carbocycles. The molecule has 0 spiro atoms. The third-order valence-corrected chi connectivity index (χ3v) is 8.99. The van der Waals surface area contributed by atoms with Gasteiger partial charge in [0.15, 0.2) is 0 Å². The van der Waals surface area contributed by atoms with Gasteiger partial charge < -0.3 is 31.6 Å². The molecule has 4 nitrogen and oxygen atoms in total. The number of quaternary nitrogens is 1. The first-order valence-electron chi connectivity index (χ1n) is 12.9. The minimum absolute atomic E-state index is 0. The molecule has 1 N–H and O–H groups in total. The lowest BCUT2D eigenvalue weighted by atomic mass is 9.79. The Hall–Kier alpha value is -1.40. The number of ether oxygens (including phenoxy) is 2. The van der Waals surface area contributed by atoms with Gasteiger partial charge in [0, 0.05) is 32.6 Å². The van der Waals surface area contributed by atoms with Gasteiger partial charge in [0.2, 0.25) is 5.72 Å². The zero-order valence-corrected chi connectivity index (χ0v) is 22.3. The van der Waals surface area contributed by atoms with Gasteiger partial charge in [-0.05, 0) is 36.5 Å². The Morgan fingerprint density at radius 2 is 1.47 bits per heavy atom. The Kier molecular flexibility index (Phi) is 7.78. The summed E-state index contributed by atoms with van der Waals surface area (Å²) in [5, 5.41) is 11.9. The molecule has 34 heavy (non-hydrogen) atoms. The molecule has 0 amide bonds. The molecule has 4 fully saturated rings. The first kappa shape index (κ1) is 25.7. The van der Waals surface area contributed by atoms with Crippen LogP contribution in [0.25, 0.3) is 0 Å². The molecule has 3 saturated heterocycles. The molecule has 3 aliphatic heterocycles. The Bertz CT molecular complexity index is 907. The van der Waals surface area contributed by atoms with Crippen LogP contribution in [0.15, 0.2) is 60.7 Å². The molecule has 4 aliphatic rings. The molecule has 2 aromatic rings. The van der Waals surface area contributed by atoms with Crippen molar-refractivity contribution in [1.29, 1.82) is 0 Å². The van der Waals surface area contributed by atoms with Crippen LogP contribution in [-0.2, 0) is 10.3 Å². The molecule has 0 aromatic heterocycles. The summed E-state index contributed by atoms with van der Waals surface area (Å²) in [5.41, 5.74) is -0.213. The lowest BCUT2D eigenvalue weighted by Gasteiger charge is -2.58. The van der Waals surface area contributed by atoms with E-state index in [0.29, 0.717) is 12.5 Å². The standard InChI is InChI=1S/C29H40NO3.BrH/c1-28(2,33-26-15-7-4-8-16-26)30-19-17-23(18-20-30)27(21-30)32-22-29(31,25-13-9-10-14-25)24-11-5-3-6-12-24;/h3-8,11-12,15-16,23,25,27,31H,9-10,13-14,17-22H2,1-2H3;1H/q+1;/p-1. The van der Waals surface area contributed by atoms with E-state index >= 15 is 0 Å². The molecule has 2 unspecified atom stereocenters. The summed E-state index contributed by atoms with van der Waals surface area (Å²) in [6, 6.07) is 20.4. The fraction of sp³-hybridized carbons (Fsp3) is 0.586. The average molecular weight is 531 g/mol. The molecule has 5 heteroatoms. The molecule has 0 radical (unpaired) electrons. The van der Waals surface area contributed by atoms with Crippen molar-refractivity contribution >= 4 is 0 Å². The summed E-state index contributed by atoms with van der Waals surface area (Å²) in [7, 11) is 0. The average Bonchev–Trinajstić information content (AvgIpc) is 3.40. The number of aliphatic hydroxyl groups is 1. The summed E-state index contributed by atoms with van der Waals surface area (Å²) < 4.78 is 14.2. The maximum Gasteiger partial charge on any atom is 0.237 e. The van der Waals surface area contributed by atoms with E-state index in [1.165, 1.54) is 25.7 Å². The fourth-order valence-corrected chi connectivity index (χ4v) is 6.75. The Balaban J connectivity index is 0.00000274. The summed E-state index contributed by atoms with van der Waals surface area (Å²) in [6.45, 7) is 8.10. The number of hydrogen-bond acceptors (Lipinski definition) is 3. The second-order valence-electron chi connectivity index (χ2n) is 11.1. The topological polar surface area (TPSA) is 38.7 Å². The highest BCUT2D eigenvalue weighted by molar-refractivity contribution is 5.24. The highest BCUT2D eigenvalue weighted by Gasteiger charge is 2.56. The molecule has 6 rings (SSSR count). The predicted octanol–water partition coefficient (Wildman–Crippen LogP) is 2.51. The quantitative estimate of drug-likeness (QED) is 0.534. The van der Waals surface area contributed by atoms with E-state index in [-0.39, 0.29) is 34.7 Å². The van der Waals surface area contributed by atoms with Gasteiger partial charge in [-0.2, -0.15) is 0 Å². The van der Waals surface area contributed by atoms with Crippen LogP contribution >= 0.6 is 0 Å². The number of piperidine rings is 3. The van der Waals surface area contributed by atoms with Crippen molar-refractivity contribution in [2.24, 2.45) is 11.8 Å². The van der Waals surface area contributed by atoms with Crippen molar-refractivity contribution in [1.82, 2.24) is 0 Å². The van der Waals surface area contributed by atoms with Gasteiger partial charge in [-0.25, -0.2) is 0 Å². The van der Waals surface area contributed by atoms with Crippen LogP contribution in [0.4, 0.5) is 0 Å². The highest BCUT2D eigenvalue weighted by atomic mass is 79.9. The van der Waals surface area contributed by atoms with E-state index in [1.54, 1.807) is 0 Å². The third-order valence-electron chi connectivity index (χ3n) is 8.99. The minimum Gasteiger partial charge on any atom is -1.00 e. The molecule has 3 heterocycles. The molecule has 2 atom stereocenters. The second-order valence-corrected chi connectivity index (χ2v) is 11.1. The number of halogens is 1. The molecule has 1 saturated carbocycles. The van der Waals surface area contributed by atoms with Gasteiger partial charge in [0.25, 0.3) is 0 Å². The Morgan fingerprint density at radius 1 is 0.882 bits per heavy atom. The molecular formula is C29H40BrNO3. The number of rotatable bonds is 8. The van der Waals surface area contributed by atoms with Crippen LogP contribution in [0, 0.1) is 11.8 Å². The summed E-state index contributed by atoms with van der Waals surface area (Å²) in [6.07, 6.45) is 7.08. The summed E-state index contributed by atoms with van der Waals surface area (Å²) in [4.78, 5) is 0. The van der Waals surface area contributed by atoms with E-state index < -0.39 is 5.60 Å². The normalized spacial score (nSPS) is 28.8. The number of para-hydroxylation sites is 1. The van der Waals surface area contributed by atoms with Crippen LogP contribution in [0.1, 0.15) is 57.9 Å². The lowest BCUT2D eigenvalue weighted by molar-refractivity contribution is -1.01. The van der Waals surface area contributed by atoms with Crippen molar-refractivity contribution in [2.45, 2.75) is 69.8 Å². The van der Waals surface area contributed by atoms with Crippen LogP contribution in [0.5, 0.6) is 5.75 Å². The molecule has 186 valence electrons. The monoisotopic (exact) mass is 529 g/mol. The minimum atomic E-state index is -0.898. The Labute approximate surface area is 215 Å². The smallest absolute Gasteiger partial charge is 0.237 e. The van der Waals surface area contributed by atoms with Crippen molar-refractivity contribution in [3.8, 4) is 5.75 Å². The van der Waals surface area contributed by atoms with E-state index in [9.17, 15) is 5.11 Å². The molecule has 2 bridgehead atoms. The van der Waals surface area contributed by atoms with Crippen molar-refractivity contribution < 1.29 is 36.0 Å². The maximum absolute atomic E-state index is 11.9. The van der Waals surface area contributed by atoms with Gasteiger partial charge in [-0.1, -0.05) is 61.4 Å². The van der Waals surface area contributed by atoms with Crippen molar-refractivity contribution in [2.75, 3.05) is 26.2 Å². The van der Waals surface area contributed by atoms with Crippen molar-refractivity contribution in [3.63, 3.8) is 0 Å². The highest BCUT2D eigenvalue weighted by Crippen LogP contribution is 2.44. The predicted molar refractivity (Wildman–Crippen MR) is 131 cm³/mol. The van der Waals surface area contributed by atoms with E-state index in [0.717, 1.165) is 48.3 Å². The summed E-state index contributed by atoms with van der Waals surface area (Å²) >= 11 is 0. The van der Waals surface area contributed by atoms with Crippen LogP contribution < -0.4 is 21.7 Å². The van der Waals surface area contributed by atoms with E-state index in [4.69, 9.17) is 9.47 Å². The molecular weight excluding hydrogens is 490 g/mol. The maximum atomic E-state index is 11.9. The van der Waals surface area contributed by atoms with Crippen molar-refractivity contribution in [3.05, 3.63) is 66.2 Å². The first-order chi connectivity index (χ1) is 15.9. The number of hydrogen-bond donors (Lipinski definition) is 1. The van der Waals surface area contributed by atoms with Gasteiger partial charge in [0.1, 0.15) is 24.0 Å². The number of nitrogens with zero attached hydrogens (tertiary/aromatic N) is 1. The molecule has 1 aliphatic carbocycles. The second kappa shape index (κ2) is 10.3. The third kappa shape index (κ3) is 4.82. The van der Waals surface area contributed by atoms with Crippen LogP contribution in [0.2, 0.25) is 0 Å². The van der Waals surface area contributed by atoms with E-state index in [1.807, 2.05) is 48.5 Å². The van der Waals surface area contributed by atoms with Crippen LogP contribution in [-0.4, -0.2) is 47.7 Å². The first-order valence-corrected chi connectivity index (χ1v) is 12.9.